The van der Waals surface area contributed by atoms with Crippen molar-refractivity contribution < 1.29 is 29.0 Å². The third-order valence-corrected chi connectivity index (χ3v) is 7.50. The number of nitrogens with two attached hydrogens (primary N) is 1. The van der Waals surface area contributed by atoms with Gasteiger partial charge in [-0.25, -0.2) is 4.79 Å². The topological polar surface area (TPSA) is 108 Å². The van der Waals surface area contributed by atoms with E-state index < -0.39 is 22.8 Å². The molecule has 0 bridgehead atoms. The maximum atomic E-state index is 13.1. The lowest BCUT2D eigenvalue weighted by molar-refractivity contribution is -0.150. The SMILES string of the molecule is NOC(=O)C(CCOCCOCCC(C(=O)O)(c1ccccc1)c1ccccc1)(c1ccccc1)c1ccccc1. The predicted molar refractivity (Wildman–Crippen MR) is 156 cm³/mol. The van der Waals surface area contributed by atoms with Gasteiger partial charge < -0.3 is 19.4 Å². The number of hydrogen-bond acceptors (Lipinski definition) is 6. The van der Waals surface area contributed by atoms with Gasteiger partial charge in [0.05, 0.1) is 13.2 Å². The third-order valence-electron chi connectivity index (χ3n) is 7.50. The van der Waals surface area contributed by atoms with Crippen LogP contribution in [0.5, 0.6) is 0 Å². The summed E-state index contributed by atoms with van der Waals surface area (Å²) in [6.45, 7) is 1.00. The van der Waals surface area contributed by atoms with Crippen molar-refractivity contribution in [1.29, 1.82) is 0 Å². The van der Waals surface area contributed by atoms with Gasteiger partial charge in [-0.2, -0.15) is 5.90 Å². The zero-order valence-electron chi connectivity index (χ0n) is 22.9. The first kappa shape index (κ1) is 29.7. The molecule has 212 valence electrons. The monoisotopic (exact) mass is 553 g/mol. The number of rotatable bonds is 15. The van der Waals surface area contributed by atoms with Crippen molar-refractivity contribution in [2.45, 2.75) is 23.7 Å². The Balaban J connectivity index is 1.38. The van der Waals surface area contributed by atoms with Crippen molar-refractivity contribution in [1.82, 2.24) is 0 Å². The Labute approximate surface area is 240 Å². The molecule has 0 fully saturated rings. The fourth-order valence-electron chi connectivity index (χ4n) is 5.37. The van der Waals surface area contributed by atoms with Gasteiger partial charge in [0.1, 0.15) is 10.8 Å². The Morgan fingerprint density at radius 2 is 0.854 bits per heavy atom. The van der Waals surface area contributed by atoms with Crippen LogP contribution in [0.4, 0.5) is 0 Å². The van der Waals surface area contributed by atoms with Gasteiger partial charge in [0.15, 0.2) is 0 Å². The predicted octanol–water partition coefficient (Wildman–Crippen LogP) is 5.27. The van der Waals surface area contributed by atoms with Crippen LogP contribution in [0, 0.1) is 0 Å². The fraction of sp³-hybridized carbons (Fsp3) is 0.235. The number of carboxylic acid groups (broad SMARTS) is 1. The van der Waals surface area contributed by atoms with E-state index in [1.54, 1.807) is 0 Å². The first-order valence-electron chi connectivity index (χ1n) is 13.6. The summed E-state index contributed by atoms with van der Waals surface area (Å²) in [6.07, 6.45) is 0.561. The lowest BCUT2D eigenvalue weighted by atomic mass is 9.72. The van der Waals surface area contributed by atoms with Crippen LogP contribution in [-0.4, -0.2) is 43.5 Å². The van der Waals surface area contributed by atoms with Crippen LogP contribution in [0.1, 0.15) is 35.1 Å². The van der Waals surface area contributed by atoms with E-state index in [4.69, 9.17) is 20.2 Å². The minimum atomic E-state index is -1.24. The molecule has 0 atom stereocenters. The minimum Gasteiger partial charge on any atom is -0.480 e. The third kappa shape index (κ3) is 6.55. The molecule has 7 heteroatoms. The zero-order chi connectivity index (χ0) is 29.0. The number of carbonyl (C=O) groups excluding carboxylic acids is 1. The molecule has 0 saturated carbocycles. The standard InChI is InChI=1S/C34H35NO6/c35-41-32(38)34(29-17-9-3-10-18-29,30-19-11-4-12-20-30)22-24-40-26-25-39-23-21-33(31(36)37,27-13-5-1-6-14-27)28-15-7-2-8-16-28/h1-20H,21-26,35H2,(H,36,37). The molecule has 0 unspecified atom stereocenters. The van der Waals surface area contributed by atoms with Crippen molar-refractivity contribution in [3.63, 3.8) is 0 Å². The van der Waals surface area contributed by atoms with Crippen molar-refractivity contribution in [2.24, 2.45) is 5.90 Å². The molecule has 0 saturated heterocycles. The van der Waals surface area contributed by atoms with Crippen LogP contribution in [0.2, 0.25) is 0 Å². The van der Waals surface area contributed by atoms with Crippen LogP contribution >= 0.6 is 0 Å². The van der Waals surface area contributed by atoms with Gasteiger partial charge in [-0.15, -0.1) is 0 Å². The van der Waals surface area contributed by atoms with Gasteiger partial charge >= 0.3 is 11.9 Å². The molecule has 7 nitrogen and oxygen atoms in total. The summed E-state index contributed by atoms with van der Waals surface area (Å²) in [5, 5.41) is 10.4. The number of carboxylic acids is 1. The summed E-state index contributed by atoms with van der Waals surface area (Å²) in [6, 6.07) is 37.2. The molecule has 4 aromatic carbocycles. The molecule has 3 N–H and O–H groups in total. The van der Waals surface area contributed by atoms with E-state index in [0.717, 1.165) is 11.1 Å². The fourth-order valence-corrected chi connectivity index (χ4v) is 5.37. The van der Waals surface area contributed by atoms with Crippen molar-refractivity contribution >= 4 is 11.9 Å². The summed E-state index contributed by atoms with van der Waals surface area (Å²) >= 11 is 0. The Hall–Kier alpha value is -4.30. The molecular formula is C34H35NO6. The lowest BCUT2D eigenvalue weighted by Gasteiger charge is -2.32. The smallest absolute Gasteiger partial charge is 0.339 e. The Bertz CT molecular complexity index is 1280. The Kier molecular flexibility index (Phi) is 10.4. The van der Waals surface area contributed by atoms with E-state index in [-0.39, 0.29) is 32.8 Å². The maximum absolute atomic E-state index is 13.1. The molecule has 0 aromatic heterocycles. The summed E-state index contributed by atoms with van der Waals surface area (Å²) in [5.41, 5.74) is 0.537. The van der Waals surface area contributed by atoms with Gasteiger partial charge in [0, 0.05) is 13.2 Å². The molecular weight excluding hydrogens is 518 g/mol. The van der Waals surface area contributed by atoms with E-state index in [9.17, 15) is 14.7 Å². The molecule has 0 heterocycles. The molecule has 0 aliphatic heterocycles. The van der Waals surface area contributed by atoms with E-state index in [2.05, 4.69) is 0 Å². The maximum Gasteiger partial charge on any atom is 0.339 e. The first-order valence-corrected chi connectivity index (χ1v) is 13.6. The van der Waals surface area contributed by atoms with Gasteiger partial charge in [0.25, 0.3) is 0 Å². The second-order valence-corrected chi connectivity index (χ2v) is 9.71. The van der Waals surface area contributed by atoms with Crippen LogP contribution in [0.3, 0.4) is 0 Å². The highest BCUT2D eigenvalue weighted by Crippen LogP contribution is 2.38. The Morgan fingerprint density at radius 1 is 0.537 bits per heavy atom. The van der Waals surface area contributed by atoms with E-state index >= 15 is 0 Å². The highest BCUT2D eigenvalue weighted by atomic mass is 16.7. The van der Waals surface area contributed by atoms with Crippen LogP contribution in [-0.2, 0) is 34.7 Å². The van der Waals surface area contributed by atoms with Crippen molar-refractivity contribution in [3.8, 4) is 0 Å². The molecule has 0 spiro atoms. The Morgan fingerprint density at radius 3 is 1.17 bits per heavy atom. The summed E-state index contributed by atoms with van der Waals surface area (Å²) in [7, 11) is 0. The number of hydrogen-bond donors (Lipinski definition) is 2. The largest absolute Gasteiger partial charge is 0.480 e. The second kappa shape index (κ2) is 14.4. The van der Waals surface area contributed by atoms with Crippen LogP contribution in [0.15, 0.2) is 121 Å². The summed E-state index contributed by atoms with van der Waals surface area (Å²) in [5.74, 6) is 3.91. The van der Waals surface area contributed by atoms with Crippen molar-refractivity contribution in [2.75, 3.05) is 26.4 Å². The second-order valence-electron chi connectivity index (χ2n) is 9.71. The van der Waals surface area contributed by atoms with Gasteiger partial charge in [-0.05, 0) is 35.1 Å². The lowest BCUT2D eigenvalue weighted by Crippen LogP contribution is -2.41. The average Bonchev–Trinajstić information content (AvgIpc) is 3.03. The van der Waals surface area contributed by atoms with Crippen LogP contribution < -0.4 is 5.90 Å². The molecule has 0 aliphatic carbocycles. The number of ether oxygens (including phenoxy) is 2. The average molecular weight is 554 g/mol. The van der Waals surface area contributed by atoms with Gasteiger partial charge in [0.2, 0.25) is 0 Å². The molecule has 0 amide bonds. The van der Waals surface area contributed by atoms with Crippen LogP contribution in [0.25, 0.3) is 0 Å². The van der Waals surface area contributed by atoms with Gasteiger partial charge in [-0.1, -0.05) is 121 Å². The van der Waals surface area contributed by atoms with E-state index in [1.165, 1.54) is 0 Å². The number of benzene rings is 4. The quantitative estimate of drug-likeness (QED) is 0.152. The minimum absolute atomic E-state index is 0.219. The summed E-state index contributed by atoms with van der Waals surface area (Å²) < 4.78 is 11.7. The summed E-state index contributed by atoms with van der Waals surface area (Å²) in [4.78, 5) is 30.6. The molecule has 0 aliphatic rings. The first-order chi connectivity index (χ1) is 20.1. The van der Waals surface area contributed by atoms with E-state index in [1.807, 2.05) is 121 Å². The number of carbonyl (C=O) groups is 2. The van der Waals surface area contributed by atoms with Crippen molar-refractivity contribution in [3.05, 3.63) is 144 Å². The molecule has 41 heavy (non-hydrogen) atoms. The normalized spacial score (nSPS) is 11.6. The van der Waals surface area contributed by atoms with Gasteiger partial charge in [-0.3, -0.25) is 4.79 Å². The highest BCUT2D eigenvalue weighted by molar-refractivity contribution is 5.87. The number of aliphatic carboxylic acids is 1. The van der Waals surface area contributed by atoms with E-state index in [0.29, 0.717) is 17.5 Å². The molecule has 4 rings (SSSR count). The highest BCUT2D eigenvalue weighted by Gasteiger charge is 2.44. The molecule has 4 aromatic rings. The molecule has 0 radical (unpaired) electrons. The zero-order valence-corrected chi connectivity index (χ0v) is 22.9.